The molecule has 0 aliphatic carbocycles. The molecule has 0 amide bonds. The van der Waals surface area contributed by atoms with E-state index in [4.69, 9.17) is 5.73 Å². The summed E-state index contributed by atoms with van der Waals surface area (Å²) in [5.41, 5.74) is 7.58. The Labute approximate surface area is 131 Å². The van der Waals surface area contributed by atoms with Gasteiger partial charge in [0.15, 0.2) is 0 Å². The Morgan fingerprint density at radius 1 is 1.19 bits per heavy atom. The number of hydrogen-bond acceptors (Lipinski definition) is 3. The fourth-order valence-electron chi connectivity index (χ4n) is 1.91. The molecule has 0 aliphatic rings. The number of halogens is 2. The SMILES string of the molecule is Cc1cc(N)cc(S(=O)(=O)Nc2cc(F)ccc2Br)c1C. The van der Waals surface area contributed by atoms with Crippen molar-refractivity contribution >= 4 is 37.3 Å². The van der Waals surface area contributed by atoms with Crippen LogP contribution in [0.4, 0.5) is 15.8 Å². The van der Waals surface area contributed by atoms with Crippen molar-refractivity contribution in [1.82, 2.24) is 0 Å². The molecule has 0 saturated heterocycles. The minimum Gasteiger partial charge on any atom is -0.399 e. The van der Waals surface area contributed by atoms with E-state index in [2.05, 4.69) is 20.7 Å². The van der Waals surface area contributed by atoms with E-state index in [1.54, 1.807) is 19.9 Å². The maximum atomic E-state index is 13.3. The summed E-state index contributed by atoms with van der Waals surface area (Å²) < 4.78 is 41.0. The quantitative estimate of drug-likeness (QED) is 0.808. The van der Waals surface area contributed by atoms with E-state index in [9.17, 15) is 12.8 Å². The molecule has 2 rings (SSSR count). The van der Waals surface area contributed by atoms with Crippen molar-refractivity contribution in [2.75, 3.05) is 10.5 Å². The van der Waals surface area contributed by atoms with Crippen molar-refractivity contribution in [3.8, 4) is 0 Å². The van der Waals surface area contributed by atoms with E-state index < -0.39 is 15.8 Å². The van der Waals surface area contributed by atoms with Crippen molar-refractivity contribution < 1.29 is 12.8 Å². The van der Waals surface area contributed by atoms with Gasteiger partial charge in [0.2, 0.25) is 0 Å². The van der Waals surface area contributed by atoms with Crippen LogP contribution in [-0.2, 0) is 10.0 Å². The van der Waals surface area contributed by atoms with Crippen LogP contribution in [0.15, 0.2) is 39.7 Å². The lowest BCUT2D eigenvalue weighted by Crippen LogP contribution is -2.15. The molecule has 0 heterocycles. The summed E-state index contributed by atoms with van der Waals surface area (Å²) >= 11 is 3.18. The predicted molar refractivity (Wildman–Crippen MR) is 85.2 cm³/mol. The number of benzene rings is 2. The van der Waals surface area contributed by atoms with E-state index in [-0.39, 0.29) is 10.6 Å². The predicted octanol–water partition coefficient (Wildman–Crippen LogP) is 3.59. The van der Waals surface area contributed by atoms with Gasteiger partial charge in [-0.05, 0) is 71.2 Å². The largest absolute Gasteiger partial charge is 0.399 e. The zero-order valence-electron chi connectivity index (χ0n) is 11.4. The molecule has 0 saturated carbocycles. The molecule has 0 fully saturated rings. The highest BCUT2D eigenvalue weighted by atomic mass is 79.9. The maximum Gasteiger partial charge on any atom is 0.262 e. The van der Waals surface area contributed by atoms with Crippen LogP contribution in [0.1, 0.15) is 11.1 Å². The zero-order valence-corrected chi connectivity index (χ0v) is 13.8. The van der Waals surface area contributed by atoms with Crippen molar-refractivity contribution in [2.45, 2.75) is 18.7 Å². The third-order valence-electron chi connectivity index (χ3n) is 3.10. The molecular weight excluding hydrogens is 359 g/mol. The van der Waals surface area contributed by atoms with Crippen LogP contribution < -0.4 is 10.5 Å². The molecule has 0 atom stereocenters. The third-order valence-corrected chi connectivity index (χ3v) is 5.29. The van der Waals surface area contributed by atoms with Gasteiger partial charge in [-0.3, -0.25) is 4.72 Å². The van der Waals surface area contributed by atoms with Gasteiger partial charge in [0.1, 0.15) is 5.82 Å². The number of sulfonamides is 1. The Morgan fingerprint density at radius 2 is 1.86 bits per heavy atom. The van der Waals surface area contributed by atoms with Gasteiger partial charge < -0.3 is 5.73 Å². The van der Waals surface area contributed by atoms with E-state index in [0.29, 0.717) is 15.7 Å². The van der Waals surface area contributed by atoms with Crippen LogP contribution in [-0.4, -0.2) is 8.42 Å². The molecule has 0 bridgehead atoms. The monoisotopic (exact) mass is 372 g/mol. The Morgan fingerprint density at radius 3 is 2.52 bits per heavy atom. The van der Waals surface area contributed by atoms with Crippen LogP contribution in [0.5, 0.6) is 0 Å². The number of nitrogens with two attached hydrogens (primary N) is 1. The Hall–Kier alpha value is -1.60. The lowest BCUT2D eigenvalue weighted by atomic mass is 10.1. The van der Waals surface area contributed by atoms with Gasteiger partial charge in [-0.25, -0.2) is 12.8 Å². The van der Waals surface area contributed by atoms with Crippen molar-refractivity contribution in [3.05, 3.63) is 51.7 Å². The zero-order chi connectivity index (χ0) is 15.8. The highest BCUT2D eigenvalue weighted by molar-refractivity contribution is 9.10. The first-order chi connectivity index (χ1) is 9.70. The molecule has 112 valence electrons. The maximum absolute atomic E-state index is 13.3. The number of aryl methyl sites for hydroxylation is 1. The van der Waals surface area contributed by atoms with E-state index in [0.717, 1.165) is 11.6 Å². The minimum absolute atomic E-state index is 0.0798. The van der Waals surface area contributed by atoms with Crippen LogP contribution in [0, 0.1) is 19.7 Å². The molecule has 4 nitrogen and oxygen atoms in total. The normalized spacial score (nSPS) is 11.4. The van der Waals surface area contributed by atoms with Gasteiger partial charge in [0.25, 0.3) is 10.0 Å². The second-order valence-electron chi connectivity index (χ2n) is 4.69. The number of hydrogen-bond donors (Lipinski definition) is 2. The molecule has 2 aromatic carbocycles. The van der Waals surface area contributed by atoms with Crippen molar-refractivity contribution in [2.24, 2.45) is 0 Å². The van der Waals surface area contributed by atoms with Gasteiger partial charge >= 0.3 is 0 Å². The van der Waals surface area contributed by atoms with Gasteiger partial charge in [0, 0.05) is 10.2 Å². The second-order valence-corrected chi connectivity index (χ2v) is 7.20. The summed E-state index contributed by atoms with van der Waals surface area (Å²) in [6.07, 6.45) is 0. The number of anilines is 2. The lowest BCUT2D eigenvalue weighted by Gasteiger charge is -2.14. The number of rotatable bonds is 3. The summed E-state index contributed by atoms with van der Waals surface area (Å²) in [6.45, 7) is 3.48. The number of nitrogen functional groups attached to an aromatic ring is 1. The van der Waals surface area contributed by atoms with Crippen molar-refractivity contribution in [3.63, 3.8) is 0 Å². The Kier molecular flexibility index (Phi) is 4.25. The average Bonchev–Trinajstić information content (AvgIpc) is 2.37. The van der Waals surface area contributed by atoms with Crippen LogP contribution in [0.3, 0.4) is 0 Å². The summed E-state index contributed by atoms with van der Waals surface area (Å²) in [6, 6.07) is 6.86. The Balaban J connectivity index is 2.51. The van der Waals surface area contributed by atoms with Gasteiger partial charge in [-0.1, -0.05) is 0 Å². The lowest BCUT2D eigenvalue weighted by molar-refractivity contribution is 0.600. The van der Waals surface area contributed by atoms with Gasteiger partial charge in [0.05, 0.1) is 10.6 Å². The summed E-state index contributed by atoms with van der Waals surface area (Å²) in [5.74, 6) is -0.531. The molecular formula is C14H14BrFN2O2S. The molecule has 3 N–H and O–H groups in total. The second kappa shape index (κ2) is 5.65. The fraction of sp³-hybridized carbons (Fsp3) is 0.143. The van der Waals surface area contributed by atoms with E-state index >= 15 is 0 Å². The standard InChI is InChI=1S/C14H14BrFN2O2S/c1-8-5-11(17)7-14(9(8)2)21(19,20)18-13-6-10(16)3-4-12(13)15/h3-7,18H,17H2,1-2H3. The minimum atomic E-state index is -3.85. The highest BCUT2D eigenvalue weighted by Crippen LogP contribution is 2.28. The van der Waals surface area contributed by atoms with E-state index in [1.165, 1.54) is 18.2 Å². The van der Waals surface area contributed by atoms with Crippen LogP contribution >= 0.6 is 15.9 Å². The molecule has 2 aromatic rings. The molecule has 21 heavy (non-hydrogen) atoms. The van der Waals surface area contributed by atoms with Gasteiger partial charge in [-0.15, -0.1) is 0 Å². The molecule has 0 spiro atoms. The first kappa shape index (κ1) is 15.8. The highest BCUT2D eigenvalue weighted by Gasteiger charge is 2.20. The molecule has 0 unspecified atom stereocenters. The molecule has 0 radical (unpaired) electrons. The smallest absolute Gasteiger partial charge is 0.262 e. The molecule has 0 aliphatic heterocycles. The molecule has 7 heteroatoms. The Bertz CT molecular complexity index is 807. The fourth-order valence-corrected chi connectivity index (χ4v) is 3.81. The van der Waals surface area contributed by atoms with Gasteiger partial charge in [-0.2, -0.15) is 0 Å². The summed E-state index contributed by atoms with van der Waals surface area (Å²) in [5, 5.41) is 0. The van der Waals surface area contributed by atoms with E-state index in [1.807, 2.05) is 0 Å². The van der Waals surface area contributed by atoms with Crippen LogP contribution in [0.2, 0.25) is 0 Å². The van der Waals surface area contributed by atoms with Crippen molar-refractivity contribution in [1.29, 1.82) is 0 Å². The summed E-state index contributed by atoms with van der Waals surface area (Å²) in [7, 11) is -3.85. The average molecular weight is 373 g/mol. The third kappa shape index (κ3) is 3.36. The first-order valence-electron chi connectivity index (χ1n) is 6.05. The summed E-state index contributed by atoms with van der Waals surface area (Å²) in [4.78, 5) is 0.0798. The first-order valence-corrected chi connectivity index (χ1v) is 8.33. The number of nitrogens with one attached hydrogen (secondary N) is 1. The van der Waals surface area contributed by atoms with Crippen LogP contribution in [0.25, 0.3) is 0 Å². The topological polar surface area (TPSA) is 72.2 Å². The molecule has 0 aromatic heterocycles.